The molecule has 0 aliphatic carbocycles. The average Bonchev–Trinajstić information content (AvgIpc) is 2.88. The first-order valence-corrected chi connectivity index (χ1v) is 7.20. The van der Waals surface area contributed by atoms with Gasteiger partial charge >= 0.3 is 0 Å². The normalized spacial score (nSPS) is 19.7. The fourth-order valence-electron chi connectivity index (χ4n) is 3.01. The number of nitrogens with zero attached hydrogens (tertiary/aromatic N) is 1. The van der Waals surface area contributed by atoms with Crippen LogP contribution in [0.1, 0.15) is 17.5 Å². The third-order valence-electron chi connectivity index (χ3n) is 3.99. The summed E-state index contributed by atoms with van der Waals surface area (Å²) in [5, 5.41) is 0. The summed E-state index contributed by atoms with van der Waals surface area (Å²) in [4.78, 5) is 2.59. The zero-order chi connectivity index (χ0) is 12.9. The Hall–Kier alpha value is -1.60. The lowest BCUT2D eigenvalue weighted by Gasteiger charge is -2.16. The fraction of sp³-hybridized carbons (Fsp3) is 0.333. The van der Waals surface area contributed by atoms with Crippen molar-refractivity contribution in [2.45, 2.75) is 19.4 Å². The molecular formula is C18H21N. The van der Waals surface area contributed by atoms with Crippen LogP contribution in [0.5, 0.6) is 0 Å². The molecule has 19 heavy (non-hydrogen) atoms. The predicted molar refractivity (Wildman–Crippen MR) is 80.0 cm³/mol. The lowest BCUT2D eigenvalue weighted by atomic mass is 9.99. The van der Waals surface area contributed by atoms with Crippen LogP contribution in [0.4, 0.5) is 0 Å². The first-order chi connectivity index (χ1) is 9.40. The van der Waals surface area contributed by atoms with Crippen molar-refractivity contribution in [2.75, 3.05) is 13.1 Å². The molecule has 0 bridgehead atoms. The molecule has 1 heteroatoms. The highest BCUT2D eigenvalue weighted by molar-refractivity contribution is 5.16. The zero-order valence-corrected chi connectivity index (χ0v) is 11.3. The quantitative estimate of drug-likeness (QED) is 0.800. The predicted octanol–water partition coefficient (Wildman–Crippen LogP) is 3.75. The number of likely N-dealkylation sites (tertiary alicyclic amines) is 1. The Morgan fingerprint density at radius 1 is 0.842 bits per heavy atom. The van der Waals surface area contributed by atoms with E-state index in [1.54, 1.807) is 0 Å². The summed E-state index contributed by atoms with van der Waals surface area (Å²) in [6, 6.07) is 21.7. The van der Waals surface area contributed by atoms with E-state index in [-0.39, 0.29) is 0 Å². The molecule has 1 heterocycles. The molecule has 0 amide bonds. The summed E-state index contributed by atoms with van der Waals surface area (Å²) in [6.45, 7) is 3.59. The van der Waals surface area contributed by atoms with Crippen LogP contribution in [0.25, 0.3) is 0 Å². The SMILES string of the molecule is c1ccc(C[C@H]2CCN(Cc3ccccc3)C2)cc1. The van der Waals surface area contributed by atoms with Crippen molar-refractivity contribution in [3.8, 4) is 0 Å². The van der Waals surface area contributed by atoms with E-state index in [9.17, 15) is 0 Å². The van der Waals surface area contributed by atoms with Crippen molar-refractivity contribution in [2.24, 2.45) is 5.92 Å². The Labute approximate surface area is 115 Å². The Bertz CT molecular complexity index is 444. The summed E-state index contributed by atoms with van der Waals surface area (Å²) in [7, 11) is 0. The molecule has 0 N–H and O–H groups in total. The van der Waals surface area contributed by atoms with Gasteiger partial charge in [-0.1, -0.05) is 60.7 Å². The topological polar surface area (TPSA) is 3.24 Å². The minimum atomic E-state index is 0.825. The molecule has 2 aromatic carbocycles. The van der Waals surface area contributed by atoms with E-state index in [4.69, 9.17) is 0 Å². The van der Waals surface area contributed by atoms with Crippen molar-refractivity contribution < 1.29 is 0 Å². The van der Waals surface area contributed by atoms with Gasteiger partial charge in [-0.2, -0.15) is 0 Å². The maximum absolute atomic E-state index is 2.59. The van der Waals surface area contributed by atoms with Gasteiger partial charge in [0.15, 0.2) is 0 Å². The van der Waals surface area contributed by atoms with E-state index in [1.165, 1.54) is 37.1 Å². The summed E-state index contributed by atoms with van der Waals surface area (Å²) in [6.07, 6.45) is 2.56. The van der Waals surface area contributed by atoms with E-state index < -0.39 is 0 Å². The van der Waals surface area contributed by atoms with E-state index >= 15 is 0 Å². The molecule has 1 nitrogen and oxygen atoms in total. The van der Waals surface area contributed by atoms with Crippen LogP contribution in [-0.2, 0) is 13.0 Å². The second-order valence-electron chi connectivity index (χ2n) is 5.57. The van der Waals surface area contributed by atoms with Gasteiger partial charge in [-0.3, -0.25) is 4.90 Å². The molecule has 0 spiro atoms. The molecule has 0 unspecified atom stereocenters. The lowest BCUT2D eigenvalue weighted by Crippen LogP contribution is -2.20. The molecule has 3 rings (SSSR count). The molecule has 0 aromatic heterocycles. The average molecular weight is 251 g/mol. The molecule has 2 aromatic rings. The number of hydrogen-bond acceptors (Lipinski definition) is 1. The van der Waals surface area contributed by atoms with Gasteiger partial charge in [-0.25, -0.2) is 0 Å². The highest BCUT2D eigenvalue weighted by Gasteiger charge is 2.22. The van der Waals surface area contributed by atoms with Crippen LogP contribution in [0.2, 0.25) is 0 Å². The van der Waals surface area contributed by atoms with E-state index in [0.717, 1.165) is 12.5 Å². The molecule has 1 saturated heterocycles. The lowest BCUT2D eigenvalue weighted by molar-refractivity contribution is 0.316. The number of benzene rings is 2. The van der Waals surface area contributed by atoms with Gasteiger partial charge in [0.05, 0.1) is 0 Å². The largest absolute Gasteiger partial charge is 0.299 e. The van der Waals surface area contributed by atoms with Gasteiger partial charge in [-0.05, 0) is 36.4 Å². The van der Waals surface area contributed by atoms with E-state index in [1.807, 2.05) is 0 Å². The Morgan fingerprint density at radius 3 is 2.16 bits per heavy atom. The highest BCUT2D eigenvalue weighted by atomic mass is 15.1. The van der Waals surface area contributed by atoms with Crippen molar-refractivity contribution in [1.29, 1.82) is 0 Å². The molecule has 1 fully saturated rings. The second-order valence-corrected chi connectivity index (χ2v) is 5.57. The van der Waals surface area contributed by atoms with Crippen LogP contribution in [0, 0.1) is 5.92 Å². The van der Waals surface area contributed by atoms with Crippen LogP contribution < -0.4 is 0 Å². The summed E-state index contributed by atoms with van der Waals surface area (Å²) >= 11 is 0. The van der Waals surface area contributed by atoms with Crippen LogP contribution in [0.3, 0.4) is 0 Å². The maximum atomic E-state index is 2.59. The first kappa shape index (κ1) is 12.4. The van der Waals surface area contributed by atoms with Crippen molar-refractivity contribution >= 4 is 0 Å². The van der Waals surface area contributed by atoms with Crippen molar-refractivity contribution in [3.05, 3.63) is 71.8 Å². The van der Waals surface area contributed by atoms with Gasteiger partial charge in [0, 0.05) is 13.1 Å². The van der Waals surface area contributed by atoms with Crippen LogP contribution in [0.15, 0.2) is 60.7 Å². The van der Waals surface area contributed by atoms with Gasteiger partial charge < -0.3 is 0 Å². The van der Waals surface area contributed by atoms with Gasteiger partial charge in [-0.15, -0.1) is 0 Å². The molecule has 0 saturated carbocycles. The molecule has 1 aliphatic rings. The third-order valence-corrected chi connectivity index (χ3v) is 3.99. The minimum absolute atomic E-state index is 0.825. The number of hydrogen-bond donors (Lipinski definition) is 0. The smallest absolute Gasteiger partial charge is 0.0233 e. The second kappa shape index (κ2) is 6.03. The first-order valence-electron chi connectivity index (χ1n) is 7.20. The van der Waals surface area contributed by atoms with E-state index in [0.29, 0.717) is 0 Å². The van der Waals surface area contributed by atoms with Gasteiger partial charge in [0.1, 0.15) is 0 Å². The zero-order valence-electron chi connectivity index (χ0n) is 11.3. The third kappa shape index (κ3) is 3.45. The summed E-state index contributed by atoms with van der Waals surface area (Å²) in [5.74, 6) is 0.825. The van der Waals surface area contributed by atoms with Gasteiger partial charge in [0.25, 0.3) is 0 Å². The minimum Gasteiger partial charge on any atom is -0.299 e. The molecule has 1 aliphatic heterocycles. The monoisotopic (exact) mass is 251 g/mol. The van der Waals surface area contributed by atoms with E-state index in [2.05, 4.69) is 65.6 Å². The Balaban J connectivity index is 1.53. The Morgan fingerprint density at radius 2 is 1.47 bits per heavy atom. The molecule has 0 radical (unpaired) electrons. The Kier molecular flexibility index (Phi) is 3.95. The summed E-state index contributed by atoms with van der Waals surface area (Å²) < 4.78 is 0. The highest BCUT2D eigenvalue weighted by Crippen LogP contribution is 2.22. The standard InChI is InChI=1S/C18H21N/c1-3-7-16(8-4-1)13-18-11-12-19(15-18)14-17-9-5-2-6-10-17/h1-10,18H,11-15H2/t18-/m1/s1. The molecular weight excluding hydrogens is 230 g/mol. The summed E-state index contributed by atoms with van der Waals surface area (Å²) in [5.41, 5.74) is 2.91. The van der Waals surface area contributed by atoms with Crippen molar-refractivity contribution in [1.82, 2.24) is 4.90 Å². The maximum Gasteiger partial charge on any atom is 0.0233 e. The van der Waals surface area contributed by atoms with Crippen LogP contribution in [-0.4, -0.2) is 18.0 Å². The number of rotatable bonds is 4. The van der Waals surface area contributed by atoms with Crippen LogP contribution >= 0.6 is 0 Å². The van der Waals surface area contributed by atoms with Gasteiger partial charge in [0.2, 0.25) is 0 Å². The fourth-order valence-corrected chi connectivity index (χ4v) is 3.01. The molecule has 98 valence electrons. The van der Waals surface area contributed by atoms with Crippen molar-refractivity contribution in [3.63, 3.8) is 0 Å². The molecule has 1 atom stereocenters.